The van der Waals surface area contributed by atoms with Crippen LogP contribution in [-0.4, -0.2) is 33.3 Å². The molecule has 1 heterocycles. The highest BCUT2D eigenvalue weighted by Gasteiger charge is 2.38. The Morgan fingerprint density at radius 3 is 2.79 bits per heavy atom. The minimum atomic E-state index is -3.81. The monoisotopic (exact) mass is 284 g/mol. The Balaban J connectivity index is 2.44. The predicted molar refractivity (Wildman–Crippen MR) is 72.3 cm³/mol. The maximum absolute atomic E-state index is 12.4. The molecule has 7 heteroatoms. The van der Waals surface area contributed by atoms with Crippen LogP contribution in [0.5, 0.6) is 0 Å². The van der Waals surface area contributed by atoms with E-state index in [2.05, 4.69) is 4.74 Å². The maximum atomic E-state index is 12.4. The van der Waals surface area contributed by atoms with Crippen LogP contribution in [0, 0.1) is 0 Å². The van der Waals surface area contributed by atoms with Gasteiger partial charge in [0, 0.05) is 6.54 Å². The number of methoxy groups -OCH3 is 1. The standard InChI is InChI=1S/C12H16N2O4S/c1-8(12(15)18-2)19(16,17)14-7-6-9-4-3-5-10(13)11(9)14/h3-5,8H,6-7,13H2,1-2H3. The van der Waals surface area contributed by atoms with Gasteiger partial charge in [-0.25, -0.2) is 8.42 Å². The summed E-state index contributed by atoms with van der Waals surface area (Å²) in [5.41, 5.74) is 7.60. The first kappa shape index (κ1) is 13.7. The minimum Gasteiger partial charge on any atom is -0.468 e. The highest BCUT2D eigenvalue weighted by molar-refractivity contribution is 7.94. The van der Waals surface area contributed by atoms with Crippen LogP contribution in [0.25, 0.3) is 0 Å². The smallest absolute Gasteiger partial charge is 0.325 e. The van der Waals surface area contributed by atoms with Crippen molar-refractivity contribution in [1.29, 1.82) is 0 Å². The SMILES string of the molecule is COC(=O)C(C)S(=O)(=O)N1CCc2cccc(N)c21. The first-order valence-electron chi connectivity index (χ1n) is 5.86. The molecule has 6 nitrogen and oxygen atoms in total. The summed E-state index contributed by atoms with van der Waals surface area (Å²) in [4.78, 5) is 11.5. The van der Waals surface area contributed by atoms with Gasteiger partial charge in [0.05, 0.1) is 18.5 Å². The average molecular weight is 284 g/mol. The van der Waals surface area contributed by atoms with Crippen LogP contribution in [0.2, 0.25) is 0 Å². The van der Waals surface area contributed by atoms with E-state index in [1.165, 1.54) is 18.3 Å². The summed E-state index contributed by atoms with van der Waals surface area (Å²) in [5.74, 6) is -0.775. The van der Waals surface area contributed by atoms with Crippen molar-refractivity contribution in [3.63, 3.8) is 0 Å². The number of benzene rings is 1. The molecule has 1 aromatic carbocycles. The van der Waals surface area contributed by atoms with E-state index in [9.17, 15) is 13.2 Å². The fraction of sp³-hybridized carbons (Fsp3) is 0.417. The van der Waals surface area contributed by atoms with Crippen LogP contribution in [-0.2, 0) is 26.0 Å². The molecule has 0 aliphatic carbocycles. The van der Waals surface area contributed by atoms with Crippen LogP contribution in [0.1, 0.15) is 12.5 Å². The van der Waals surface area contributed by atoms with Crippen molar-refractivity contribution in [1.82, 2.24) is 0 Å². The molecule has 2 rings (SSSR count). The second-order valence-electron chi connectivity index (χ2n) is 4.39. The number of anilines is 2. The molecule has 0 radical (unpaired) electrons. The van der Waals surface area contributed by atoms with Crippen molar-refractivity contribution in [2.75, 3.05) is 23.7 Å². The lowest BCUT2D eigenvalue weighted by atomic mass is 10.1. The Morgan fingerprint density at radius 1 is 1.47 bits per heavy atom. The fourth-order valence-corrected chi connectivity index (χ4v) is 3.73. The number of ether oxygens (including phenoxy) is 1. The molecular weight excluding hydrogens is 268 g/mol. The van der Waals surface area contributed by atoms with E-state index in [0.29, 0.717) is 24.3 Å². The largest absolute Gasteiger partial charge is 0.468 e. The summed E-state index contributed by atoms with van der Waals surface area (Å²) in [6.45, 7) is 1.62. The van der Waals surface area contributed by atoms with Crippen LogP contribution >= 0.6 is 0 Å². The summed E-state index contributed by atoms with van der Waals surface area (Å²) in [5, 5.41) is -1.25. The maximum Gasteiger partial charge on any atom is 0.325 e. The second kappa shape index (κ2) is 4.73. The number of nitrogens with two attached hydrogens (primary N) is 1. The molecule has 104 valence electrons. The van der Waals surface area contributed by atoms with E-state index in [1.807, 2.05) is 6.07 Å². The van der Waals surface area contributed by atoms with E-state index in [4.69, 9.17) is 5.73 Å². The van der Waals surface area contributed by atoms with Gasteiger partial charge in [-0.05, 0) is 25.0 Å². The number of rotatable bonds is 3. The molecule has 0 fully saturated rings. The lowest BCUT2D eigenvalue weighted by Gasteiger charge is -2.23. The summed E-state index contributed by atoms with van der Waals surface area (Å²) in [7, 11) is -2.64. The number of nitrogen functional groups attached to an aromatic ring is 1. The summed E-state index contributed by atoms with van der Waals surface area (Å²) in [6, 6.07) is 5.27. The number of hydrogen-bond acceptors (Lipinski definition) is 5. The van der Waals surface area contributed by atoms with Crippen molar-refractivity contribution in [2.24, 2.45) is 0 Å². The highest BCUT2D eigenvalue weighted by Crippen LogP contribution is 2.36. The van der Waals surface area contributed by atoms with E-state index in [1.54, 1.807) is 12.1 Å². The summed E-state index contributed by atoms with van der Waals surface area (Å²) >= 11 is 0. The van der Waals surface area contributed by atoms with Gasteiger partial charge in [0.2, 0.25) is 10.0 Å². The number of carbonyl (C=O) groups is 1. The lowest BCUT2D eigenvalue weighted by Crippen LogP contribution is -2.41. The van der Waals surface area contributed by atoms with Crippen LogP contribution < -0.4 is 10.0 Å². The zero-order chi connectivity index (χ0) is 14.2. The average Bonchev–Trinajstić information content (AvgIpc) is 2.83. The van der Waals surface area contributed by atoms with Crippen molar-refractivity contribution >= 4 is 27.4 Å². The number of fused-ring (bicyclic) bond motifs is 1. The van der Waals surface area contributed by atoms with Gasteiger partial charge >= 0.3 is 5.97 Å². The van der Waals surface area contributed by atoms with Gasteiger partial charge < -0.3 is 10.5 Å². The first-order valence-corrected chi connectivity index (χ1v) is 7.36. The molecule has 1 aromatic rings. The molecule has 1 aliphatic rings. The summed E-state index contributed by atoms with van der Waals surface area (Å²) in [6.07, 6.45) is 0.591. The van der Waals surface area contributed by atoms with Crippen molar-refractivity contribution in [3.05, 3.63) is 23.8 Å². The van der Waals surface area contributed by atoms with E-state index < -0.39 is 21.2 Å². The molecule has 2 N–H and O–H groups in total. The molecule has 19 heavy (non-hydrogen) atoms. The third-order valence-corrected chi connectivity index (χ3v) is 5.34. The quantitative estimate of drug-likeness (QED) is 0.645. The first-order chi connectivity index (χ1) is 8.89. The molecule has 1 aliphatic heterocycles. The number of para-hydroxylation sites is 1. The molecule has 0 saturated heterocycles. The lowest BCUT2D eigenvalue weighted by molar-refractivity contribution is -0.139. The van der Waals surface area contributed by atoms with Gasteiger partial charge in [0.1, 0.15) is 0 Å². The molecule has 1 unspecified atom stereocenters. The predicted octanol–water partition coefficient (Wildman–Crippen LogP) is 0.523. The zero-order valence-electron chi connectivity index (χ0n) is 10.8. The highest BCUT2D eigenvalue weighted by atomic mass is 32.2. The topological polar surface area (TPSA) is 89.7 Å². The van der Waals surface area contributed by atoms with E-state index in [0.717, 1.165) is 5.56 Å². The Morgan fingerprint density at radius 2 is 2.16 bits per heavy atom. The van der Waals surface area contributed by atoms with Crippen LogP contribution in [0.4, 0.5) is 11.4 Å². The minimum absolute atomic E-state index is 0.299. The number of esters is 1. The summed E-state index contributed by atoms with van der Waals surface area (Å²) < 4.78 is 30.5. The van der Waals surface area contributed by atoms with Crippen molar-refractivity contribution < 1.29 is 17.9 Å². The molecule has 0 amide bonds. The van der Waals surface area contributed by atoms with Gasteiger partial charge in [0.25, 0.3) is 0 Å². The number of nitrogens with zero attached hydrogens (tertiary/aromatic N) is 1. The van der Waals surface area contributed by atoms with Crippen LogP contribution in [0.15, 0.2) is 18.2 Å². The Bertz CT molecular complexity index is 612. The van der Waals surface area contributed by atoms with Gasteiger partial charge in [-0.2, -0.15) is 0 Å². The number of sulfonamides is 1. The van der Waals surface area contributed by atoms with E-state index in [-0.39, 0.29) is 0 Å². The third kappa shape index (κ3) is 2.14. The van der Waals surface area contributed by atoms with Crippen molar-refractivity contribution in [3.8, 4) is 0 Å². The van der Waals surface area contributed by atoms with Crippen LogP contribution in [0.3, 0.4) is 0 Å². The van der Waals surface area contributed by atoms with Gasteiger partial charge in [0.15, 0.2) is 5.25 Å². The fourth-order valence-electron chi connectivity index (χ4n) is 2.18. The van der Waals surface area contributed by atoms with E-state index >= 15 is 0 Å². The van der Waals surface area contributed by atoms with Gasteiger partial charge in [-0.1, -0.05) is 12.1 Å². The molecule has 0 bridgehead atoms. The third-order valence-electron chi connectivity index (χ3n) is 3.27. The normalized spacial score (nSPS) is 16.0. The number of carbonyl (C=O) groups excluding carboxylic acids is 1. The Kier molecular flexibility index (Phi) is 3.40. The van der Waals surface area contributed by atoms with Gasteiger partial charge in [-0.3, -0.25) is 9.10 Å². The molecule has 0 spiro atoms. The van der Waals surface area contributed by atoms with Gasteiger partial charge in [-0.15, -0.1) is 0 Å². The molecular formula is C12H16N2O4S. The number of hydrogen-bond donors (Lipinski definition) is 1. The Hall–Kier alpha value is -1.76. The van der Waals surface area contributed by atoms with Crippen molar-refractivity contribution in [2.45, 2.75) is 18.6 Å². The molecule has 0 aromatic heterocycles. The second-order valence-corrected chi connectivity index (χ2v) is 6.57. The Labute approximate surface area is 112 Å². The zero-order valence-corrected chi connectivity index (χ0v) is 11.6. The molecule has 0 saturated carbocycles. The molecule has 1 atom stereocenters.